The van der Waals surface area contributed by atoms with Crippen LogP contribution in [0, 0.1) is 0 Å². The number of carbonyl (C=O) groups excluding carboxylic acids is 1. The molecule has 4 aromatic rings. The van der Waals surface area contributed by atoms with Crippen LogP contribution < -0.4 is 14.6 Å². The molecule has 2 aromatic carbocycles. The summed E-state index contributed by atoms with van der Waals surface area (Å²) in [4.78, 5) is 22.6. The number of carbonyl (C=O) groups is 1. The summed E-state index contributed by atoms with van der Waals surface area (Å²) in [6, 6.07) is 15.7. The van der Waals surface area contributed by atoms with Crippen LogP contribution >= 0.6 is 0 Å². The molecule has 8 heteroatoms. The Balaban J connectivity index is 1.73. The fourth-order valence-corrected chi connectivity index (χ4v) is 5.84. The maximum atomic E-state index is 12.8. The van der Waals surface area contributed by atoms with Gasteiger partial charge in [-0.3, -0.25) is 0 Å². The minimum absolute atomic E-state index is 0.150. The van der Waals surface area contributed by atoms with Crippen molar-refractivity contribution in [3.63, 3.8) is 0 Å². The van der Waals surface area contributed by atoms with Crippen LogP contribution in [0.15, 0.2) is 53.5 Å². The van der Waals surface area contributed by atoms with Gasteiger partial charge in [0.2, 0.25) is 0 Å². The van der Waals surface area contributed by atoms with E-state index < -0.39 is 5.97 Å². The van der Waals surface area contributed by atoms with Gasteiger partial charge in [-0.1, -0.05) is 0 Å². The number of benzene rings is 2. The number of methoxy groups -OCH3 is 2. The number of fused-ring (bicyclic) bond motifs is 2. The third kappa shape index (κ3) is 3.15. The Kier molecular flexibility index (Phi) is 4.88. The Morgan fingerprint density at radius 1 is 1.13 bits per heavy atom. The third-order valence-electron chi connectivity index (χ3n) is 5.28. The van der Waals surface area contributed by atoms with E-state index in [0.29, 0.717) is 17.9 Å². The quantitative estimate of drug-likeness (QED) is 0.359. The first-order valence-electron chi connectivity index (χ1n) is 9.85. The number of aliphatic imine (C=N–C) groups is 1. The van der Waals surface area contributed by atoms with Crippen molar-refractivity contribution in [2.24, 2.45) is 4.99 Å². The summed E-state index contributed by atoms with van der Waals surface area (Å²) in [7, 11) is 3.04. The van der Waals surface area contributed by atoms with Crippen LogP contribution in [0.4, 0.5) is 11.4 Å². The zero-order valence-electron chi connectivity index (χ0n) is 17.3. The summed E-state index contributed by atoms with van der Waals surface area (Å²) in [6.07, 6.45) is 0. The molecular weight excluding hydrogens is 459 g/mol. The molecule has 0 atom stereocenters. The van der Waals surface area contributed by atoms with Crippen molar-refractivity contribution in [1.82, 2.24) is 9.55 Å². The van der Waals surface area contributed by atoms with Crippen LogP contribution in [-0.2, 0) is 11.3 Å². The van der Waals surface area contributed by atoms with E-state index in [-0.39, 0.29) is 15.0 Å². The van der Waals surface area contributed by atoms with E-state index in [2.05, 4.69) is 5.32 Å². The van der Waals surface area contributed by atoms with E-state index in [1.165, 1.54) is 7.11 Å². The Morgan fingerprint density at radius 2 is 1.90 bits per heavy atom. The van der Waals surface area contributed by atoms with E-state index >= 15 is 0 Å². The number of aromatic nitrogens is 2. The number of esters is 1. The van der Waals surface area contributed by atoms with Crippen molar-refractivity contribution in [2.75, 3.05) is 19.5 Å². The molecule has 7 nitrogen and oxygen atoms in total. The minimum atomic E-state index is -0.398. The van der Waals surface area contributed by atoms with Gasteiger partial charge in [0.25, 0.3) is 0 Å². The van der Waals surface area contributed by atoms with E-state index in [9.17, 15) is 4.79 Å². The Bertz CT molecular complexity index is 1360. The number of ether oxygens (including phenoxy) is 2. The maximum absolute atomic E-state index is 12.8. The molecule has 0 bridgehead atoms. The number of hydrogen-bond donors (Lipinski definition) is 1. The molecule has 156 valence electrons. The van der Waals surface area contributed by atoms with Gasteiger partial charge in [0.05, 0.1) is 0 Å². The van der Waals surface area contributed by atoms with Gasteiger partial charge in [0, 0.05) is 0 Å². The predicted octanol–water partition coefficient (Wildman–Crippen LogP) is 3.45. The van der Waals surface area contributed by atoms with Crippen molar-refractivity contribution in [3.8, 4) is 5.75 Å². The van der Waals surface area contributed by atoms with Gasteiger partial charge in [0.1, 0.15) is 0 Å². The molecular formula is C23H20N4O3Se. The van der Waals surface area contributed by atoms with Crippen LogP contribution in [-0.4, -0.2) is 49.4 Å². The van der Waals surface area contributed by atoms with E-state index in [1.54, 1.807) is 7.11 Å². The van der Waals surface area contributed by atoms with Gasteiger partial charge in [0.15, 0.2) is 0 Å². The number of aryl methyl sites for hydroxylation is 1. The van der Waals surface area contributed by atoms with Gasteiger partial charge < -0.3 is 0 Å². The molecule has 0 unspecified atom stereocenters. The van der Waals surface area contributed by atoms with Crippen molar-refractivity contribution >= 4 is 63.4 Å². The molecule has 31 heavy (non-hydrogen) atoms. The number of pyridine rings is 1. The summed E-state index contributed by atoms with van der Waals surface area (Å²) < 4.78 is 14.1. The van der Waals surface area contributed by atoms with E-state index in [0.717, 1.165) is 42.6 Å². The molecule has 0 saturated heterocycles. The average Bonchev–Trinajstić information content (AvgIpc) is 3.14. The standard InChI is InChI=1S/C23H20N4O3Se/c1-4-27-19-15-7-5-6-8-16(15)25-21-17(19)18(20(27)22(28)30-3)26-23(31-21)24-13-9-11-14(29-2)12-10-13/h5-12H,4H2,1-3H3,(H,24,26). The molecule has 1 aliphatic heterocycles. The summed E-state index contributed by atoms with van der Waals surface area (Å²) in [5.74, 6) is 0.389. The number of nitrogens with one attached hydrogen (secondary N) is 1. The second-order valence-corrected chi connectivity index (χ2v) is 9.01. The number of anilines is 1. The first-order valence-corrected chi connectivity index (χ1v) is 11.6. The summed E-state index contributed by atoms with van der Waals surface area (Å²) in [5, 5.41) is 5.35. The van der Waals surface area contributed by atoms with Crippen LogP contribution in [0.1, 0.15) is 17.4 Å². The Labute approximate surface area is 185 Å². The number of amidine groups is 1. The van der Waals surface area contributed by atoms with E-state index in [1.807, 2.05) is 60.0 Å². The fraction of sp³-hybridized carbons (Fsp3) is 0.174. The molecule has 0 saturated carbocycles. The predicted molar refractivity (Wildman–Crippen MR) is 123 cm³/mol. The molecule has 2 aromatic heterocycles. The van der Waals surface area contributed by atoms with Gasteiger partial charge in [-0.05, 0) is 0 Å². The van der Waals surface area contributed by atoms with Gasteiger partial charge in [-0.15, -0.1) is 0 Å². The van der Waals surface area contributed by atoms with Crippen LogP contribution in [0.2, 0.25) is 0 Å². The molecule has 0 radical (unpaired) electrons. The van der Waals surface area contributed by atoms with Crippen molar-refractivity contribution in [3.05, 3.63) is 54.2 Å². The first kappa shape index (κ1) is 19.6. The Morgan fingerprint density at radius 3 is 2.61 bits per heavy atom. The fourth-order valence-electron chi connectivity index (χ4n) is 3.89. The van der Waals surface area contributed by atoms with Crippen molar-refractivity contribution < 1.29 is 14.3 Å². The molecule has 1 N–H and O–H groups in total. The topological polar surface area (TPSA) is 77.7 Å². The molecule has 1 aliphatic rings. The summed E-state index contributed by atoms with van der Waals surface area (Å²) >= 11 is -0.150. The summed E-state index contributed by atoms with van der Waals surface area (Å²) in [5.41, 5.74) is 3.89. The van der Waals surface area contributed by atoms with Crippen LogP contribution in [0.25, 0.3) is 21.8 Å². The second-order valence-electron chi connectivity index (χ2n) is 6.96. The van der Waals surface area contributed by atoms with Crippen LogP contribution in [0.3, 0.4) is 0 Å². The molecule has 0 aliphatic carbocycles. The third-order valence-corrected chi connectivity index (χ3v) is 7.11. The van der Waals surface area contributed by atoms with Gasteiger partial charge in [-0.2, -0.15) is 0 Å². The molecule has 3 heterocycles. The molecule has 0 amide bonds. The number of nitrogens with zero attached hydrogens (tertiary/aromatic N) is 3. The first-order chi connectivity index (χ1) is 15.1. The number of rotatable bonds is 4. The Hall–Kier alpha value is -3.35. The summed E-state index contributed by atoms with van der Waals surface area (Å²) in [6.45, 7) is 2.64. The van der Waals surface area contributed by atoms with Crippen LogP contribution in [0.5, 0.6) is 5.75 Å². The second kappa shape index (κ2) is 7.72. The number of hydrogen-bond acceptors (Lipinski definition) is 6. The molecule has 5 rings (SSSR count). The normalized spacial score (nSPS) is 12.7. The zero-order valence-corrected chi connectivity index (χ0v) is 19.0. The average molecular weight is 479 g/mol. The zero-order chi connectivity index (χ0) is 21.5. The van der Waals surface area contributed by atoms with Crippen molar-refractivity contribution in [2.45, 2.75) is 13.5 Å². The van der Waals surface area contributed by atoms with Gasteiger partial charge in [-0.25, -0.2) is 0 Å². The SMILES string of the molecule is CCn1c(C(=O)OC)c2c3c(nc4ccccc4c31)[Se]C(Nc1ccc(OC)cc1)=N2. The van der Waals surface area contributed by atoms with Crippen molar-refractivity contribution in [1.29, 1.82) is 0 Å². The van der Waals surface area contributed by atoms with E-state index in [4.69, 9.17) is 19.5 Å². The monoisotopic (exact) mass is 480 g/mol. The van der Waals surface area contributed by atoms with Gasteiger partial charge >= 0.3 is 185 Å². The number of para-hydroxylation sites is 1. The molecule has 0 spiro atoms. The molecule has 0 fully saturated rings.